The average molecular weight is 456 g/mol. The maximum atomic E-state index is 13.1. The van der Waals surface area contributed by atoms with Gasteiger partial charge in [0.15, 0.2) is 0 Å². The molecule has 0 atom stereocenters. The Morgan fingerprint density at radius 3 is 2.44 bits per heavy atom. The zero-order valence-corrected chi connectivity index (χ0v) is 20.1. The number of aliphatic imine (C=N–C) groups is 1. The Labute approximate surface area is 200 Å². The van der Waals surface area contributed by atoms with Crippen LogP contribution >= 0.6 is 0 Å². The summed E-state index contributed by atoms with van der Waals surface area (Å²) in [7, 11) is 1.80. The van der Waals surface area contributed by atoms with Crippen molar-refractivity contribution in [2.24, 2.45) is 4.99 Å². The van der Waals surface area contributed by atoms with Crippen molar-refractivity contribution in [3.8, 4) is 11.4 Å². The van der Waals surface area contributed by atoms with Crippen LogP contribution in [0.5, 0.6) is 0 Å². The number of rotatable bonds is 6. The molecule has 0 aliphatic heterocycles. The van der Waals surface area contributed by atoms with Crippen molar-refractivity contribution in [1.82, 2.24) is 19.3 Å². The summed E-state index contributed by atoms with van der Waals surface area (Å²) < 4.78 is 16.8. The van der Waals surface area contributed by atoms with Gasteiger partial charge in [0.2, 0.25) is 0 Å². The summed E-state index contributed by atoms with van der Waals surface area (Å²) in [4.78, 5) is 8.34. The predicted octanol–water partition coefficient (Wildman–Crippen LogP) is 6.52. The predicted molar refractivity (Wildman–Crippen MR) is 137 cm³/mol. The fourth-order valence-electron chi connectivity index (χ4n) is 3.56. The van der Waals surface area contributed by atoms with Crippen LogP contribution in [0.2, 0.25) is 0 Å². The van der Waals surface area contributed by atoms with Crippen molar-refractivity contribution < 1.29 is 4.39 Å². The first kappa shape index (κ1) is 24.6. The minimum atomic E-state index is -0.189. The van der Waals surface area contributed by atoms with Gasteiger partial charge in [-0.3, -0.25) is 4.99 Å². The number of hydrogen-bond donors (Lipinski definition) is 0. The van der Waals surface area contributed by atoms with Crippen LogP contribution in [0.3, 0.4) is 0 Å². The summed E-state index contributed by atoms with van der Waals surface area (Å²) >= 11 is 0. The zero-order valence-electron chi connectivity index (χ0n) is 20.1. The average Bonchev–Trinajstić information content (AvgIpc) is 3.56. The second kappa shape index (κ2) is 11.7. The van der Waals surface area contributed by atoms with Crippen LogP contribution in [0.15, 0.2) is 108 Å². The first-order valence-corrected chi connectivity index (χ1v) is 11.2. The third-order valence-electron chi connectivity index (χ3n) is 5.47. The molecule has 0 spiro atoms. The van der Waals surface area contributed by atoms with E-state index in [2.05, 4.69) is 34.7 Å². The zero-order chi connectivity index (χ0) is 24.5. The highest BCUT2D eigenvalue weighted by Gasteiger charge is 2.15. The summed E-state index contributed by atoms with van der Waals surface area (Å²) in [5, 5.41) is 4.42. The monoisotopic (exact) mass is 455 g/mol. The van der Waals surface area contributed by atoms with Gasteiger partial charge in [0, 0.05) is 25.1 Å². The van der Waals surface area contributed by atoms with E-state index in [0.29, 0.717) is 5.56 Å². The van der Waals surface area contributed by atoms with Crippen LogP contribution in [-0.2, 0) is 0 Å². The molecule has 4 rings (SSSR count). The summed E-state index contributed by atoms with van der Waals surface area (Å²) in [6, 6.07) is 17.1. The van der Waals surface area contributed by atoms with Crippen molar-refractivity contribution in [3.63, 3.8) is 0 Å². The maximum absolute atomic E-state index is 13.1. The van der Waals surface area contributed by atoms with Gasteiger partial charge in [0.1, 0.15) is 5.82 Å². The fraction of sp³-hybridized carbons (Fsp3) is 0.179. The van der Waals surface area contributed by atoms with Crippen molar-refractivity contribution >= 4 is 5.71 Å². The Morgan fingerprint density at radius 1 is 1.09 bits per heavy atom. The van der Waals surface area contributed by atoms with Crippen LogP contribution in [0.25, 0.3) is 11.4 Å². The smallest absolute Gasteiger partial charge is 0.128 e. The van der Waals surface area contributed by atoms with Gasteiger partial charge in [0.25, 0.3) is 0 Å². The molecule has 2 heterocycles. The molecule has 0 saturated heterocycles. The normalized spacial score (nSPS) is 11.7. The van der Waals surface area contributed by atoms with Crippen LogP contribution < -0.4 is 0 Å². The lowest BCUT2D eigenvalue weighted by atomic mass is 9.98. The fourth-order valence-corrected chi connectivity index (χ4v) is 3.56. The molecule has 174 valence electrons. The highest BCUT2D eigenvalue weighted by molar-refractivity contribution is 6.14. The van der Waals surface area contributed by atoms with E-state index >= 15 is 0 Å². The lowest BCUT2D eigenvalue weighted by Gasteiger charge is -2.13. The summed E-state index contributed by atoms with van der Waals surface area (Å²) in [5.74, 6) is -0.189. The third kappa shape index (κ3) is 5.64. The van der Waals surface area contributed by atoms with Gasteiger partial charge in [-0.1, -0.05) is 43.8 Å². The Balaban J connectivity index is 0.000000212. The molecule has 0 unspecified atom stereocenters. The minimum Gasteiger partial charge on any atom is -0.306 e. The number of aryl methyl sites for hydroxylation is 1. The number of hydrogen-bond acceptors (Lipinski definition) is 3. The van der Waals surface area contributed by atoms with Gasteiger partial charge in [-0.05, 0) is 67.3 Å². The molecule has 0 aliphatic carbocycles. The van der Waals surface area contributed by atoms with E-state index in [4.69, 9.17) is 0 Å². The molecule has 5 nitrogen and oxygen atoms in total. The topological polar surface area (TPSA) is 48.0 Å². The second-order valence-electron chi connectivity index (χ2n) is 7.59. The van der Waals surface area contributed by atoms with E-state index in [1.54, 1.807) is 49.5 Å². The van der Waals surface area contributed by atoms with Crippen molar-refractivity contribution in [2.75, 3.05) is 7.05 Å². The number of nitrogens with zero attached hydrogens (tertiary/aromatic N) is 5. The molecule has 0 amide bonds. The van der Waals surface area contributed by atoms with E-state index in [9.17, 15) is 4.39 Å². The number of imidazole rings is 1. The number of para-hydroxylation sites is 1. The maximum Gasteiger partial charge on any atom is 0.128 e. The van der Waals surface area contributed by atoms with Gasteiger partial charge in [-0.25, -0.2) is 14.1 Å². The van der Waals surface area contributed by atoms with E-state index in [1.165, 1.54) is 11.6 Å². The van der Waals surface area contributed by atoms with E-state index in [0.717, 1.165) is 34.8 Å². The quantitative estimate of drug-likeness (QED) is 0.245. The Bertz CT molecular complexity index is 1280. The van der Waals surface area contributed by atoms with E-state index in [1.807, 2.05) is 54.1 Å². The Kier molecular flexibility index (Phi) is 8.46. The van der Waals surface area contributed by atoms with Crippen molar-refractivity contribution in [2.45, 2.75) is 27.2 Å². The highest BCUT2D eigenvalue weighted by atomic mass is 19.1. The molecule has 0 N–H and O–H groups in total. The summed E-state index contributed by atoms with van der Waals surface area (Å²) in [5.41, 5.74) is 6.47. The molecular weight excluding hydrogens is 425 g/mol. The molecule has 2 aromatic heterocycles. The van der Waals surface area contributed by atoms with Gasteiger partial charge in [-0.2, -0.15) is 5.10 Å². The standard InChI is InChI=1S/C18H21N3.C10H9FN2/c1-5-15(6-2)14(3)18(19-4)17-12-13-20-21(17)16-10-8-7-9-11-16;1-8-2-3-9(6-10(8)11)13-5-4-12-7-13/h5,7-13H,3,6H2,1-2,4H3;2-7H,1H3/b15-5-,19-18?;. The third-order valence-corrected chi connectivity index (χ3v) is 5.47. The number of aromatic nitrogens is 4. The molecule has 0 aliphatic rings. The van der Waals surface area contributed by atoms with Gasteiger partial charge >= 0.3 is 0 Å². The van der Waals surface area contributed by atoms with Gasteiger partial charge in [-0.15, -0.1) is 0 Å². The van der Waals surface area contributed by atoms with Crippen LogP contribution in [0.4, 0.5) is 4.39 Å². The molecule has 6 heteroatoms. The largest absolute Gasteiger partial charge is 0.306 e. The molecular formula is C28H30FN5. The lowest BCUT2D eigenvalue weighted by molar-refractivity contribution is 0.617. The van der Waals surface area contributed by atoms with E-state index < -0.39 is 0 Å². The first-order chi connectivity index (χ1) is 16.5. The summed E-state index contributed by atoms with van der Waals surface area (Å²) in [6.45, 7) is 10.1. The molecule has 0 saturated carbocycles. The highest BCUT2D eigenvalue weighted by Crippen LogP contribution is 2.20. The molecule has 2 aromatic carbocycles. The Hall–Kier alpha value is -4.06. The molecule has 4 aromatic rings. The SMILES string of the molecule is C=C(C(=NC)c1ccnn1-c1ccccc1)/C(=C\C)CC.Cc1ccc(-n2ccnc2)cc1F. The minimum absolute atomic E-state index is 0.189. The molecule has 34 heavy (non-hydrogen) atoms. The van der Waals surface area contributed by atoms with Crippen LogP contribution in [0, 0.1) is 12.7 Å². The second-order valence-corrected chi connectivity index (χ2v) is 7.59. The summed E-state index contributed by atoms with van der Waals surface area (Å²) in [6.07, 6.45) is 9.92. The molecule has 0 radical (unpaired) electrons. The van der Waals surface area contributed by atoms with Crippen LogP contribution in [-0.4, -0.2) is 32.1 Å². The number of allylic oxidation sites excluding steroid dienone is 3. The Morgan fingerprint density at radius 2 is 1.85 bits per heavy atom. The van der Waals surface area contributed by atoms with E-state index in [-0.39, 0.29) is 5.82 Å². The van der Waals surface area contributed by atoms with Gasteiger partial charge in [0.05, 0.1) is 29.6 Å². The lowest BCUT2D eigenvalue weighted by Crippen LogP contribution is -2.13. The molecule has 0 fully saturated rings. The van der Waals surface area contributed by atoms with Crippen molar-refractivity contribution in [3.05, 3.63) is 120 Å². The van der Waals surface area contributed by atoms with Crippen LogP contribution in [0.1, 0.15) is 31.5 Å². The first-order valence-electron chi connectivity index (χ1n) is 11.2. The number of halogens is 1. The van der Waals surface area contributed by atoms with Crippen molar-refractivity contribution in [1.29, 1.82) is 0 Å². The number of benzene rings is 2. The molecule has 0 bridgehead atoms. The van der Waals surface area contributed by atoms with Gasteiger partial charge < -0.3 is 4.57 Å².